The molecule has 2 saturated heterocycles. The molecule has 126 valence electrons. The van der Waals surface area contributed by atoms with Crippen LogP contribution in [-0.2, 0) is 16.0 Å². The molecular formula is C16H25N5O2. The number of hydrogen-bond donors (Lipinski definition) is 2. The number of morpholine rings is 1. The van der Waals surface area contributed by atoms with Gasteiger partial charge in [0, 0.05) is 37.4 Å². The molecule has 1 amide bonds. The van der Waals surface area contributed by atoms with Crippen LogP contribution in [0.2, 0.25) is 0 Å². The van der Waals surface area contributed by atoms with Crippen molar-refractivity contribution in [3.8, 4) is 0 Å². The lowest BCUT2D eigenvalue weighted by Crippen LogP contribution is -2.55. The van der Waals surface area contributed by atoms with E-state index < -0.39 is 0 Å². The Kier molecular flexibility index (Phi) is 5.40. The van der Waals surface area contributed by atoms with Crippen molar-refractivity contribution in [1.82, 2.24) is 20.6 Å². The number of nitrogens with one attached hydrogen (secondary N) is 2. The summed E-state index contributed by atoms with van der Waals surface area (Å²) in [5.74, 6) is 1.04. The second-order valence-corrected chi connectivity index (χ2v) is 6.07. The standard InChI is InChI=1S/C16H25N5O2/c1-2-12-9-15(19-11-18-12)21-6-3-13(4-7-21)20-16(22)14-10-23-8-5-17-14/h9,11,13-14,17H,2-8,10H2,1H3,(H,20,22). The monoisotopic (exact) mass is 319 g/mol. The van der Waals surface area contributed by atoms with Gasteiger partial charge in [0.1, 0.15) is 18.2 Å². The van der Waals surface area contributed by atoms with Gasteiger partial charge in [0.15, 0.2) is 0 Å². The van der Waals surface area contributed by atoms with Crippen molar-refractivity contribution in [2.45, 2.75) is 38.3 Å². The molecule has 0 spiro atoms. The molecule has 0 aliphatic carbocycles. The van der Waals surface area contributed by atoms with Gasteiger partial charge in [-0.15, -0.1) is 0 Å². The average molecular weight is 319 g/mol. The summed E-state index contributed by atoms with van der Waals surface area (Å²) in [6, 6.07) is 2.08. The Labute approximate surface area is 136 Å². The molecule has 7 heteroatoms. The third-order valence-corrected chi connectivity index (χ3v) is 4.47. The zero-order valence-electron chi connectivity index (χ0n) is 13.6. The fraction of sp³-hybridized carbons (Fsp3) is 0.688. The first kappa shape index (κ1) is 16.1. The molecule has 2 aliphatic rings. The summed E-state index contributed by atoms with van der Waals surface area (Å²) in [7, 11) is 0. The number of carbonyl (C=O) groups excluding carboxylic acids is 1. The predicted molar refractivity (Wildman–Crippen MR) is 87.4 cm³/mol. The SMILES string of the molecule is CCc1cc(N2CCC(NC(=O)C3COCCN3)CC2)ncn1. The zero-order valence-corrected chi connectivity index (χ0v) is 13.6. The van der Waals surface area contributed by atoms with E-state index in [9.17, 15) is 4.79 Å². The van der Waals surface area contributed by atoms with E-state index in [2.05, 4.69) is 38.5 Å². The van der Waals surface area contributed by atoms with Crippen LogP contribution < -0.4 is 15.5 Å². The molecule has 0 aromatic carbocycles. The number of aryl methyl sites for hydroxylation is 1. The molecule has 1 aromatic heterocycles. The lowest BCUT2D eigenvalue weighted by Gasteiger charge is -2.34. The third kappa shape index (κ3) is 4.17. The number of carbonyl (C=O) groups is 1. The molecule has 3 heterocycles. The van der Waals surface area contributed by atoms with Gasteiger partial charge in [-0.3, -0.25) is 4.79 Å². The fourth-order valence-corrected chi connectivity index (χ4v) is 3.04. The molecule has 0 bridgehead atoms. The largest absolute Gasteiger partial charge is 0.378 e. The van der Waals surface area contributed by atoms with Crippen molar-refractivity contribution in [2.75, 3.05) is 37.7 Å². The fourth-order valence-electron chi connectivity index (χ4n) is 3.04. The van der Waals surface area contributed by atoms with E-state index in [1.807, 2.05) is 0 Å². The minimum atomic E-state index is -0.212. The zero-order chi connectivity index (χ0) is 16.1. The van der Waals surface area contributed by atoms with Crippen molar-refractivity contribution >= 4 is 11.7 Å². The number of aromatic nitrogens is 2. The van der Waals surface area contributed by atoms with Crippen molar-refractivity contribution in [3.63, 3.8) is 0 Å². The maximum atomic E-state index is 12.2. The topological polar surface area (TPSA) is 79.4 Å². The summed E-state index contributed by atoms with van der Waals surface area (Å²) in [6.45, 7) is 5.78. The van der Waals surface area contributed by atoms with Gasteiger partial charge in [-0.2, -0.15) is 0 Å². The van der Waals surface area contributed by atoms with Gasteiger partial charge in [-0.05, 0) is 19.3 Å². The van der Waals surface area contributed by atoms with Crippen LogP contribution in [0, 0.1) is 0 Å². The molecule has 2 fully saturated rings. The number of anilines is 1. The highest BCUT2D eigenvalue weighted by Crippen LogP contribution is 2.18. The van der Waals surface area contributed by atoms with E-state index in [-0.39, 0.29) is 18.0 Å². The number of nitrogens with zero attached hydrogens (tertiary/aromatic N) is 3. The average Bonchev–Trinajstić information content (AvgIpc) is 2.63. The number of ether oxygens (including phenoxy) is 1. The predicted octanol–water partition coefficient (Wildman–Crippen LogP) is 0.112. The smallest absolute Gasteiger partial charge is 0.239 e. The van der Waals surface area contributed by atoms with E-state index >= 15 is 0 Å². The summed E-state index contributed by atoms with van der Waals surface area (Å²) in [4.78, 5) is 23.1. The molecule has 2 aliphatic heterocycles. The quantitative estimate of drug-likeness (QED) is 0.820. The Morgan fingerprint density at radius 1 is 1.43 bits per heavy atom. The molecule has 23 heavy (non-hydrogen) atoms. The second kappa shape index (κ2) is 7.70. The van der Waals surface area contributed by atoms with Crippen LogP contribution in [-0.4, -0.2) is 60.8 Å². The van der Waals surface area contributed by atoms with E-state index in [1.54, 1.807) is 6.33 Å². The molecule has 3 rings (SSSR count). The van der Waals surface area contributed by atoms with Gasteiger partial charge in [0.2, 0.25) is 5.91 Å². The van der Waals surface area contributed by atoms with E-state index in [1.165, 1.54) is 0 Å². The molecule has 1 atom stereocenters. The molecular weight excluding hydrogens is 294 g/mol. The van der Waals surface area contributed by atoms with Crippen molar-refractivity contribution in [2.24, 2.45) is 0 Å². The van der Waals surface area contributed by atoms with Gasteiger partial charge >= 0.3 is 0 Å². The van der Waals surface area contributed by atoms with E-state index in [0.29, 0.717) is 13.2 Å². The summed E-state index contributed by atoms with van der Waals surface area (Å²) >= 11 is 0. The molecule has 2 N–H and O–H groups in total. The van der Waals surface area contributed by atoms with Gasteiger partial charge in [-0.25, -0.2) is 9.97 Å². The molecule has 0 saturated carbocycles. The Morgan fingerprint density at radius 3 is 2.96 bits per heavy atom. The summed E-state index contributed by atoms with van der Waals surface area (Å²) in [5.41, 5.74) is 1.06. The maximum Gasteiger partial charge on any atom is 0.239 e. The molecule has 0 radical (unpaired) electrons. The number of amides is 1. The number of piperidine rings is 1. The lowest BCUT2D eigenvalue weighted by molar-refractivity contribution is -0.126. The van der Waals surface area contributed by atoms with Gasteiger partial charge in [0.05, 0.1) is 13.2 Å². The van der Waals surface area contributed by atoms with Crippen molar-refractivity contribution < 1.29 is 9.53 Å². The Balaban J connectivity index is 1.49. The summed E-state index contributed by atoms with van der Waals surface area (Å²) in [5, 5.41) is 6.33. The second-order valence-electron chi connectivity index (χ2n) is 6.07. The van der Waals surface area contributed by atoms with Crippen LogP contribution in [0.4, 0.5) is 5.82 Å². The highest BCUT2D eigenvalue weighted by atomic mass is 16.5. The normalized spacial score (nSPS) is 22.8. The Hall–Kier alpha value is -1.73. The third-order valence-electron chi connectivity index (χ3n) is 4.47. The first-order valence-electron chi connectivity index (χ1n) is 8.43. The lowest BCUT2D eigenvalue weighted by atomic mass is 10.0. The summed E-state index contributed by atoms with van der Waals surface area (Å²) < 4.78 is 5.34. The van der Waals surface area contributed by atoms with Gasteiger partial charge in [-0.1, -0.05) is 6.92 Å². The minimum absolute atomic E-state index is 0.0541. The van der Waals surface area contributed by atoms with Crippen LogP contribution in [0.1, 0.15) is 25.5 Å². The Bertz CT molecular complexity index is 525. The van der Waals surface area contributed by atoms with Crippen LogP contribution >= 0.6 is 0 Å². The molecule has 1 unspecified atom stereocenters. The molecule has 1 aromatic rings. The number of hydrogen-bond acceptors (Lipinski definition) is 6. The van der Waals surface area contributed by atoms with E-state index in [4.69, 9.17) is 4.74 Å². The van der Waals surface area contributed by atoms with Crippen LogP contribution in [0.25, 0.3) is 0 Å². The van der Waals surface area contributed by atoms with E-state index in [0.717, 1.165) is 50.4 Å². The van der Waals surface area contributed by atoms with Gasteiger partial charge < -0.3 is 20.3 Å². The van der Waals surface area contributed by atoms with Crippen LogP contribution in [0.3, 0.4) is 0 Å². The Morgan fingerprint density at radius 2 is 2.26 bits per heavy atom. The van der Waals surface area contributed by atoms with Crippen molar-refractivity contribution in [3.05, 3.63) is 18.1 Å². The first-order valence-corrected chi connectivity index (χ1v) is 8.43. The first-order chi connectivity index (χ1) is 11.3. The molecule has 7 nitrogen and oxygen atoms in total. The highest BCUT2D eigenvalue weighted by Gasteiger charge is 2.26. The van der Waals surface area contributed by atoms with Crippen LogP contribution in [0.15, 0.2) is 12.4 Å². The highest BCUT2D eigenvalue weighted by molar-refractivity contribution is 5.82. The maximum absolute atomic E-state index is 12.2. The van der Waals surface area contributed by atoms with Gasteiger partial charge in [0.25, 0.3) is 0 Å². The van der Waals surface area contributed by atoms with Crippen LogP contribution in [0.5, 0.6) is 0 Å². The minimum Gasteiger partial charge on any atom is -0.378 e. The number of rotatable bonds is 4. The van der Waals surface area contributed by atoms with Crippen molar-refractivity contribution in [1.29, 1.82) is 0 Å². The summed E-state index contributed by atoms with van der Waals surface area (Å²) in [6.07, 6.45) is 4.42.